The number of pyridine rings is 1. The molecule has 1 aliphatic carbocycles. The molecule has 0 unspecified atom stereocenters. The van der Waals surface area contributed by atoms with Crippen LogP contribution in [0.15, 0.2) is 36.0 Å². The van der Waals surface area contributed by atoms with Crippen molar-refractivity contribution in [2.75, 3.05) is 19.7 Å². The number of piperidine rings is 1. The van der Waals surface area contributed by atoms with Crippen molar-refractivity contribution in [3.05, 3.63) is 69.5 Å². The third-order valence-electron chi connectivity index (χ3n) is 5.92. The zero-order chi connectivity index (χ0) is 22.0. The summed E-state index contributed by atoms with van der Waals surface area (Å²) in [6.07, 6.45) is 2.00. The van der Waals surface area contributed by atoms with Crippen LogP contribution in [0.1, 0.15) is 64.5 Å². The molecule has 0 saturated carbocycles. The maximum Gasteiger partial charge on any atom is 0.409 e. The molecule has 0 N–H and O–H groups in total. The number of alkyl halides is 2. The first kappa shape index (κ1) is 21.2. The second-order valence-corrected chi connectivity index (χ2v) is 7.78. The summed E-state index contributed by atoms with van der Waals surface area (Å²) in [5.41, 5.74) is 6.11. The highest BCUT2D eigenvalue weighted by molar-refractivity contribution is 5.86. The van der Waals surface area contributed by atoms with E-state index in [1.807, 2.05) is 6.07 Å². The summed E-state index contributed by atoms with van der Waals surface area (Å²) < 4.78 is 31.8. The van der Waals surface area contributed by atoms with Crippen molar-refractivity contribution in [1.82, 2.24) is 9.88 Å². The number of halogens is 2. The van der Waals surface area contributed by atoms with Gasteiger partial charge in [0.05, 0.1) is 12.3 Å². The van der Waals surface area contributed by atoms with Gasteiger partial charge in [-0.25, -0.2) is 13.6 Å². The molecular formula is C24H24F2N2O3. The number of hydrogen-bond donors (Lipinski definition) is 0. The van der Waals surface area contributed by atoms with Gasteiger partial charge in [0.15, 0.2) is 6.29 Å². The number of amides is 1. The van der Waals surface area contributed by atoms with Crippen LogP contribution >= 0.6 is 0 Å². The van der Waals surface area contributed by atoms with E-state index in [9.17, 15) is 18.4 Å². The fourth-order valence-corrected chi connectivity index (χ4v) is 4.39. The van der Waals surface area contributed by atoms with E-state index in [-0.39, 0.29) is 11.7 Å². The molecule has 0 radical (unpaired) electrons. The van der Waals surface area contributed by atoms with Gasteiger partial charge >= 0.3 is 6.09 Å². The van der Waals surface area contributed by atoms with E-state index < -0.39 is 6.43 Å². The summed E-state index contributed by atoms with van der Waals surface area (Å²) in [6, 6.07) is 6.66. The molecule has 1 aromatic heterocycles. The lowest BCUT2D eigenvalue weighted by Gasteiger charge is -2.29. The number of aryl methyl sites for hydroxylation is 2. The van der Waals surface area contributed by atoms with Crippen molar-refractivity contribution in [1.29, 1.82) is 0 Å². The molecule has 1 aromatic carbocycles. The SMILES string of the molecule is CCOC(=O)N1CCC(=C2c3ccc(C(F)F)cc3CCc3cc(C=O)cnc32)CC1. The van der Waals surface area contributed by atoms with Crippen LogP contribution in [0.2, 0.25) is 0 Å². The average Bonchev–Trinajstić information content (AvgIpc) is 2.95. The number of nitrogens with zero attached hydrogens (tertiary/aromatic N) is 2. The van der Waals surface area contributed by atoms with Crippen LogP contribution in [0, 0.1) is 0 Å². The molecule has 1 aliphatic heterocycles. The van der Waals surface area contributed by atoms with Crippen LogP contribution in [0.3, 0.4) is 0 Å². The molecule has 2 aliphatic rings. The molecule has 1 fully saturated rings. The molecule has 2 heterocycles. The highest BCUT2D eigenvalue weighted by Crippen LogP contribution is 2.39. The molecular weight excluding hydrogens is 402 g/mol. The van der Waals surface area contributed by atoms with Crippen LogP contribution in [0.25, 0.3) is 5.57 Å². The topological polar surface area (TPSA) is 59.5 Å². The minimum absolute atomic E-state index is 0.00715. The van der Waals surface area contributed by atoms with E-state index in [1.54, 1.807) is 30.2 Å². The molecule has 1 saturated heterocycles. The van der Waals surface area contributed by atoms with Crippen molar-refractivity contribution in [2.24, 2.45) is 0 Å². The molecule has 5 nitrogen and oxygen atoms in total. The predicted octanol–water partition coefficient (Wildman–Crippen LogP) is 4.98. The van der Waals surface area contributed by atoms with Gasteiger partial charge in [-0.1, -0.05) is 17.7 Å². The summed E-state index contributed by atoms with van der Waals surface area (Å²) in [4.78, 5) is 29.6. The van der Waals surface area contributed by atoms with Crippen LogP contribution < -0.4 is 0 Å². The molecule has 2 aromatic rings. The minimum atomic E-state index is -2.53. The van der Waals surface area contributed by atoms with Gasteiger partial charge in [-0.2, -0.15) is 0 Å². The molecule has 31 heavy (non-hydrogen) atoms. The van der Waals surface area contributed by atoms with E-state index in [1.165, 1.54) is 6.07 Å². The van der Waals surface area contributed by atoms with Crippen molar-refractivity contribution < 1.29 is 23.1 Å². The molecule has 0 bridgehead atoms. The van der Waals surface area contributed by atoms with E-state index in [0.29, 0.717) is 50.9 Å². The van der Waals surface area contributed by atoms with Gasteiger partial charge < -0.3 is 9.64 Å². The average molecular weight is 426 g/mol. The lowest BCUT2D eigenvalue weighted by Crippen LogP contribution is -2.37. The van der Waals surface area contributed by atoms with Gasteiger partial charge in [-0.3, -0.25) is 9.78 Å². The highest BCUT2D eigenvalue weighted by atomic mass is 19.3. The lowest BCUT2D eigenvalue weighted by atomic mass is 9.88. The number of fused-ring (bicyclic) bond motifs is 2. The maximum atomic E-state index is 13.3. The first-order chi connectivity index (χ1) is 15.0. The Kier molecular flexibility index (Phi) is 6.11. The summed E-state index contributed by atoms with van der Waals surface area (Å²) >= 11 is 0. The Bertz CT molecular complexity index is 1040. The van der Waals surface area contributed by atoms with Crippen LogP contribution in [0.4, 0.5) is 13.6 Å². The zero-order valence-corrected chi connectivity index (χ0v) is 17.4. The first-order valence-corrected chi connectivity index (χ1v) is 10.5. The predicted molar refractivity (Wildman–Crippen MR) is 112 cm³/mol. The number of benzene rings is 1. The largest absolute Gasteiger partial charge is 0.450 e. The fourth-order valence-electron chi connectivity index (χ4n) is 4.39. The monoisotopic (exact) mass is 426 g/mol. The number of rotatable bonds is 3. The molecule has 162 valence electrons. The quantitative estimate of drug-likeness (QED) is 0.649. The van der Waals surface area contributed by atoms with E-state index in [4.69, 9.17) is 4.74 Å². The van der Waals surface area contributed by atoms with Gasteiger partial charge in [-0.05, 0) is 61.4 Å². The molecule has 4 rings (SSSR count). The standard InChI is InChI=1S/C24H24F2N2O3/c1-2-31-24(30)28-9-7-16(8-10-28)21-20-6-5-19(23(25)26)12-17(20)3-4-18-11-15(14-29)13-27-22(18)21/h5-6,11-14,23H,2-4,7-10H2,1H3. The van der Waals surface area contributed by atoms with Gasteiger partial charge in [-0.15, -0.1) is 0 Å². The number of carbonyl (C=O) groups is 2. The Morgan fingerprint density at radius 3 is 2.58 bits per heavy atom. The normalized spacial score (nSPS) is 15.9. The number of aldehydes is 1. The highest BCUT2D eigenvalue weighted by Gasteiger charge is 2.27. The fraction of sp³-hybridized carbons (Fsp3) is 0.375. The molecule has 0 spiro atoms. The zero-order valence-electron chi connectivity index (χ0n) is 17.4. The summed E-state index contributed by atoms with van der Waals surface area (Å²) in [7, 11) is 0. The number of hydrogen-bond acceptors (Lipinski definition) is 4. The van der Waals surface area contributed by atoms with E-state index in [0.717, 1.165) is 39.8 Å². The summed E-state index contributed by atoms with van der Waals surface area (Å²) in [5.74, 6) is 0. The number of carbonyl (C=O) groups excluding carboxylic acids is 2. The smallest absolute Gasteiger partial charge is 0.409 e. The van der Waals surface area contributed by atoms with Crippen molar-refractivity contribution >= 4 is 18.0 Å². The lowest BCUT2D eigenvalue weighted by molar-refractivity contribution is 0.104. The van der Waals surface area contributed by atoms with Crippen LogP contribution in [-0.4, -0.2) is 42.0 Å². The maximum absolute atomic E-state index is 13.3. The molecule has 1 amide bonds. The van der Waals surface area contributed by atoms with Crippen LogP contribution in [-0.2, 0) is 17.6 Å². The first-order valence-electron chi connectivity index (χ1n) is 10.5. The van der Waals surface area contributed by atoms with Crippen LogP contribution in [0.5, 0.6) is 0 Å². The Labute approximate surface area is 179 Å². The number of likely N-dealkylation sites (tertiary alicyclic amines) is 1. The summed E-state index contributed by atoms with van der Waals surface area (Å²) in [6.45, 7) is 3.18. The summed E-state index contributed by atoms with van der Waals surface area (Å²) in [5, 5.41) is 0. The third-order valence-corrected chi connectivity index (χ3v) is 5.92. The van der Waals surface area contributed by atoms with Gasteiger partial charge in [0.2, 0.25) is 0 Å². The van der Waals surface area contributed by atoms with Gasteiger partial charge in [0.25, 0.3) is 6.43 Å². The molecule has 7 heteroatoms. The second-order valence-electron chi connectivity index (χ2n) is 7.78. The third kappa shape index (κ3) is 4.22. The van der Waals surface area contributed by atoms with Gasteiger partial charge in [0, 0.05) is 36.0 Å². The second kappa shape index (κ2) is 8.96. The molecule has 0 atom stereocenters. The van der Waals surface area contributed by atoms with Crippen molar-refractivity contribution in [3.63, 3.8) is 0 Å². The number of ether oxygens (including phenoxy) is 1. The van der Waals surface area contributed by atoms with E-state index in [2.05, 4.69) is 4.98 Å². The van der Waals surface area contributed by atoms with Gasteiger partial charge in [0.1, 0.15) is 0 Å². The van der Waals surface area contributed by atoms with Crippen molar-refractivity contribution in [2.45, 2.75) is 39.0 Å². The number of aromatic nitrogens is 1. The minimum Gasteiger partial charge on any atom is -0.450 e. The Hall–Kier alpha value is -3.09. The Morgan fingerprint density at radius 1 is 1.16 bits per heavy atom. The van der Waals surface area contributed by atoms with Crippen molar-refractivity contribution in [3.8, 4) is 0 Å². The Morgan fingerprint density at radius 2 is 1.90 bits per heavy atom. The Balaban J connectivity index is 1.79. The van der Waals surface area contributed by atoms with E-state index >= 15 is 0 Å².